The van der Waals surface area contributed by atoms with E-state index in [1.165, 1.54) is 6.42 Å². The number of nitrogens with one attached hydrogen (secondary N) is 2. The maximum atomic E-state index is 9.62. The number of ether oxygens (including phenoxy) is 1. The second-order valence-electron chi connectivity index (χ2n) is 13.0. The Morgan fingerprint density at radius 2 is 1.40 bits per heavy atom. The number of hydrogen-bond acceptors (Lipinski definition) is 7. The standard InChI is InChI=1S/C28H34N6O.2C5H10O/c1-4-15-33(2)19-27-29-17-24(31-27)20-7-11-22(12-8-20)35-23-13-9-21(10-14-23)25-18-30-28(32-25)26-6-5-16-34(26)3;2*1-5(2)3-4-6/h7-14,17-18,26H,4-6,15-16,19H2,1-3H3,(H,29,31)(H,30,32);2*4-5H,3H2,1-2H3. The van der Waals surface area contributed by atoms with Crippen molar-refractivity contribution >= 4 is 12.6 Å². The van der Waals surface area contributed by atoms with E-state index < -0.39 is 0 Å². The van der Waals surface area contributed by atoms with Gasteiger partial charge in [0.15, 0.2) is 0 Å². The summed E-state index contributed by atoms with van der Waals surface area (Å²) in [7, 11) is 4.28. The van der Waals surface area contributed by atoms with Gasteiger partial charge < -0.3 is 24.3 Å². The summed E-state index contributed by atoms with van der Waals surface area (Å²) in [6, 6.07) is 16.6. The molecule has 1 saturated heterocycles. The Hall–Kier alpha value is -4.08. The van der Waals surface area contributed by atoms with Crippen LogP contribution in [0.15, 0.2) is 60.9 Å². The third-order valence-corrected chi connectivity index (χ3v) is 7.79. The molecule has 1 fully saturated rings. The molecule has 0 aliphatic carbocycles. The molecule has 1 unspecified atom stereocenters. The first kappa shape index (κ1) is 37.4. The van der Waals surface area contributed by atoms with E-state index in [0.29, 0.717) is 30.7 Å². The van der Waals surface area contributed by atoms with E-state index in [9.17, 15) is 9.59 Å². The minimum Gasteiger partial charge on any atom is -0.457 e. The lowest BCUT2D eigenvalue weighted by Crippen LogP contribution is -2.19. The van der Waals surface area contributed by atoms with Crippen LogP contribution in [-0.4, -0.2) is 69.5 Å². The third-order valence-electron chi connectivity index (χ3n) is 7.79. The smallest absolute Gasteiger partial charge is 0.127 e. The van der Waals surface area contributed by atoms with Crippen LogP contribution < -0.4 is 4.74 Å². The zero-order valence-corrected chi connectivity index (χ0v) is 29.3. The highest BCUT2D eigenvalue weighted by atomic mass is 16.5. The zero-order chi connectivity index (χ0) is 34.2. The number of benzene rings is 2. The molecule has 9 heteroatoms. The van der Waals surface area contributed by atoms with Crippen molar-refractivity contribution in [3.8, 4) is 34.0 Å². The van der Waals surface area contributed by atoms with E-state index in [-0.39, 0.29) is 0 Å². The Morgan fingerprint density at radius 1 is 0.872 bits per heavy atom. The summed E-state index contributed by atoms with van der Waals surface area (Å²) in [6.45, 7) is 13.3. The van der Waals surface area contributed by atoms with Gasteiger partial charge >= 0.3 is 0 Å². The Kier molecular flexibility index (Phi) is 15.5. The van der Waals surface area contributed by atoms with Crippen molar-refractivity contribution in [1.29, 1.82) is 0 Å². The number of H-pyrrole nitrogens is 2. The molecule has 3 heterocycles. The first-order valence-corrected chi connectivity index (χ1v) is 16.9. The predicted octanol–water partition coefficient (Wildman–Crippen LogP) is 8.33. The molecule has 0 spiro atoms. The molecule has 47 heavy (non-hydrogen) atoms. The number of rotatable bonds is 13. The second kappa shape index (κ2) is 19.6. The molecule has 5 rings (SSSR count). The van der Waals surface area contributed by atoms with Crippen molar-refractivity contribution in [2.75, 3.05) is 27.2 Å². The number of likely N-dealkylation sites (tertiary alicyclic amines) is 1. The topological polar surface area (TPSA) is 107 Å². The van der Waals surface area contributed by atoms with E-state index >= 15 is 0 Å². The average molecular weight is 643 g/mol. The van der Waals surface area contributed by atoms with Crippen LogP contribution in [0.25, 0.3) is 22.5 Å². The first-order chi connectivity index (χ1) is 22.6. The van der Waals surface area contributed by atoms with E-state index in [1.54, 1.807) is 0 Å². The summed E-state index contributed by atoms with van der Waals surface area (Å²) in [4.78, 5) is 40.0. The fourth-order valence-electron chi connectivity index (χ4n) is 5.14. The zero-order valence-electron chi connectivity index (χ0n) is 29.3. The molecule has 2 aromatic heterocycles. The molecule has 0 radical (unpaired) electrons. The Labute approximate surface area is 281 Å². The fourth-order valence-corrected chi connectivity index (χ4v) is 5.14. The molecule has 2 N–H and O–H groups in total. The highest BCUT2D eigenvalue weighted by Crippen LogP contribution is 2.31. The number of nitrogens with zero attached hydrogens (tertiary/aromatic N) is 4. The van der Waals surface area contributed by atoms with Gasteiger partial charge in [0.25, 0.3) is 0 Å². The number of aromatic amines is 2. The van der Waals surface area contributed by atoms with E-state index in [2.05, 4.69) is 75.0 Å². The summed E-state index contributed by atoms with van der Waals surface area (Å²) < 4.78 is 6.08. The summed E-state index contributed by atoms with van der Waals surface area (Å²) >= 11 is 0. The summed E-state index contributed by atoms with van der Waals surface area (Å²) in [6.07, 6.45) is 10.6. The van der Waals surface area contributed by atoms with Crippen molar-refractivity contribution in [3.63, 3.8) is 0 Å². The minimum atomic E-state index is 0.394. The molecule has 2 aromatic carbocycles. The quantitative estimate of drug-likeness (QED) is 0.141. The molecule has 0 saturated carbocycles. The Morgan fingerprint density at radius 3 is 1.85 bits per heavy atom. The van der Waals surface area contributed by atoms with Crippen LogP contribution in [0.1, 0.15) is 84.4 Å². The summed E-state index contributed by atoms with van der Waals surface area (Å²) in [5.41, 5.74) is 4.25. The number of hydrogen-bond donors (Lipinski definition) is 2. The van der Waals surface area contributed by atoms with Crippen LogP contribution in [0.3, 0.4) is 0 Å². The highest BCUT2D eigenvalue weighted by Gasteiger charge is 2.25. The van der Waals surface area contributed by atoms with Gasteiger partial charge in [0.1, 0.15) is 35.7 Å². The van der Waals surface area contributed by atoms with Gasteiger partial charge in [-0.15, -0.1) is 0 Å². The van der Waals surface area contributed by atoms with Crippen LogP contribution in [0, 0.1) is 11.8 Å². The molecular formula is C38H54N6O3. The highest BCUT2D eigenvalue weighted by molar-refractivity contribution is 5.61. The van der Waals surface area contributed by atoms with Crippen LogP contribution in [0.2, 0.25) is 0 Å². The largest absolute Gasteiger partial charge is 0.457 e. The van der Waals surface area contributed by atoms with Gasteiger partial charge in [-0.25, -0.2) is 9.97 Å². The Balaban J connectivity index is 0.000000428. The SMILES string of the molecule is CC(C)CC=O.CC(C)CC=O.CCCN(C)Cc1ncc(-c2ccc(Oc3ccc(-c4cnc(C5CCCN5C)[nH]4)cc3)cc2)[nH]1. The lowest BCUT2D eigenvalue weighted by molar-refractivity contribution is -0.109. The number of carbonyl (C=O) groups is 2. The number of aromatic nitrogens is 4. The van der Waals surface area contributed by atoms with Crippen LogP contribution in [0.4, 0.5) is 0 Å². The van der Waals surface area contributed by atoms with E-state index in [4.69, 9.17) is 4.74 Å². The summed E-state index contributed by atoms with van der Waals surface area (Å²) in [5.74, 6) is 4.70. The molecule has 9 nitrogen and oxygen atoms in total. The van der Waals surface area contributed by atoms with Crippen molar-refractivity contribution in [2.45, 2.75) is 79.3 Å². The third kappa shape index (κ3) is 12.6. The van der Waals surface area contributed by atoms with Gasteiger partial charge in [-0.2, -0.15) is 0 Å². The number of carbonyl (C=O) groups excluding carboxylic acids is 2. The normalized spacial score (nSPS) is 14.5. The molecule has 0 amide bonds. The predicted molar refractivity (Wildman–Crippen MR) is 190 cm³/mol. The monoisotopic (exact) mass is 642 g/mol. The van der Waals surface area contributed by atoms with Crippen molar-refractivity contribution in [1.82, 2.24) is 29.7 Å². The van der Waals surface area contributed by atoms with Crippen molar-refractivity contribution < 1.29 is 14.3 Å². The molecule has 254 valence electrons. The van der Waals surface area contributed by atoms with Crippen LogP contribution in [-0.2, 0) is 16.1 Å². The van der Waals surface area contributed by atoms with Gasteiger partial charge in [0.2, 0.25) is 0 Å². The van der Waals surface area contributed by atoms with Gasteiger partial charge in [0.05, 0.1) is 36.4 Å². The molecule has 0 bridgehead atoms. The Bertz CT molecular complexity index is 1450. The first-order valence-electron chi connectivity index (χ1n) is 16.9. The molecular weight excluding hydrogens is 588 g/mol. The lowest BCUT2D eigenvalue weighted by Gasteiger charge is -2.16. The second-order valence-corrected chi connectivity index (χ2v) is 13.0. The lowest BCUT2D eigenvalue weighted by atomic mass is 10.1. The van der Waals surface area contributed by atoms with Gasteiger partial charge in [-0.05, 0) is 118 Å². The van der Waals surface area contributed by atoms with Gasteiger partial charge in [-0.3, -0.25) is 9.80 Å². The van der Waals surface area contributed by atoms with Crippen LogP contribution in [0.5, 0.6) is 11.5 Å². The summed E-state index contributed by atoms with van der Waals surface area (Å²) in [5, 5.41) is 0. The minimum absolute atomic E-state index is 0.394. The maximum Gasteiger partial charge on any atom is 0.127 e. The number of imidazole rings is 2. The van der Waals surface area contributed by atoms with Crippen LogP contribution >= 0.6 is 0 Å². The molecule has 1 aliphatic heterocycles. The van der Waals surface area contributed by atoms with Crippen molar-refractivity contribution in [2.24, 2.45) is 11.8 Å². The molecule has 1 atom stereocenters. The van der Waals surface area contributed by atoms with Crippen molar-refractivity contribution in [3.05, 3.63) is 72.6 Å². The van der Waals surface area contributed by atoms with Gasteiger partial charge in [0, 0.05) is 12.8 Å². The van der Waals surface area contributed by atoms with Gasteiger partial charge in [-0.1, -0.05) is 34.6 Å². The maximum absolute atomic E-state index is 9.62. The number of aldehydes is 2. The van der Waals surface area contributed by atoms with E-state index in [0.717, 1.165) is 90.7 Å². The fraction of sp³-hybridized carbons (Fsp3) is 0.474. The molecule has 1 aliphatic rings. The van der Waals surface area contributed by atoms with E-state index in [1.807, 2.05) is 64.4 Å². The molecule has 4 aromatic rings. The average Bonchev–Trinajstić information content (AvgIpc) is 3.80.